The SMILES string of the molecule is C=CCOc1ccc(Cl)cc1C(C)C.CC(C)CC(=O)c1ccc(C2CCCCC2)c(Cl)c1.CC(C)c1ccc2oc(-c3ccc(Cl)cc3)nc2c1.CC(C)c1nn(Cc2ccccc2)c2ccccc12.CC(C)c1sc(-c2ccccc2)nc1-c1ccc(Cl)cc1.COc1ccc2c(c1)c(C(C)C)c(C)n2C(=O)CCc1ccccc1.Cc1ccc(C(=O)c2ccc(C(C)C)n2C)cc1. The Morgan fingerprint density at radius 3 is 1.75 bits per heavy atom. The van der Waals surface area contributed by atoms with Gasteiger partial charge in [-0.25, -0.2) is 9.97 Å². The average molecular weight is 1900 g/mol. The lowest BCUT2D eigenvalue weighted by Crippen LogP contribution is -2.13. The standard InChI is InChI=1S/C22H25NO2.C18H16ClNS.C17H23ClO.C17H18N2.C16H14ClNO.C16H19NO.C12H15ClO/c1-15(2)22-16(3)23(20-12-11-18(25-4)14-19(20)22)21(24)13-10-17-8-6-5-7-9-17;1-12(2)17-16(13-8-10-15(19)11-9-13)20-18(21-17)14-6-4-3-5-7-14;1-12(2)10-17(19)14-8-9-15(16(18)11-14)13-6-4-3-5-7-13;1-13(2)17-15-10-6-7-11-16(15)19(18-17)12-14-8-4-3-5-9-14;1-10(2)12-5-8-15-14(9-12)18-16(19-15)11-3-6-13(17)7-4-11;1-11(2)14-9-10-15(17(14)4)16(18)13-7-5-12(3)6-8-13;1-4-7-14-12-6-5-10(13)8-11(12)9(2)3/h5-9,11-12,14-15H,10,13H2,1-4H3;3-12H,1-2H3;8-9,11-13H,3-7,10H2,1-2H3;3-11,13H,12H2,1-2H3;3-10H,1-2H3;5-11H,1-4H3;4-6,8-9H,1,7H2,2-3H3. The molecule has 11 aromatic carbocycles. The number of oxazole rings is 1. The van der Waals surface area contributed by atoms with Crippen LogP contribution in [0.25, 0.3) is 66.2 Å². The summed E-state index contributed by atoms with van der Waals surface area (Å²) in [6.07, 6.45) is 10.0. The second-order valence-corrected chi connectivity index (χ2v) is 39.4. The number of fused-ring (bicyclic) bond motifs is 3. The van der Waals surface area contributed by atoms with Gasteiger partial charge in [-0.1, -0.05) is 345 Å². The lowest BCUT2D eigenvalue weighted by Gasteiger charge is -2.23. The average Bonchev–Trinajstić information content (AvgIpc) is 1.60. The molecule has 0 unspecified atom stereocenters. The summed E-state index contributed by atoms with van der Waals surface area (Å²) in [5, 5.41) is 11.2. The van der Waals surface area contributed by atoms with Crippen molar-refractivity contribution in [2.75, 3.05) is 13.7 Å². The number of Topliss-reactive ketones (excluding diaryl/α,β-unsaturated/α-hetero) is 1. The van der Waals surface area contributed by atoms with Gasteiger partial charge in [-0.15, -0.1) is 11.3 Å². The Bertz CT molecular complexity index is 6540. The smallest absolute Gasteiger partial charge is 0.231 e. The van der Waals surface area contributed by atoms with Crippen molar-refractivity contribution in [1.29, 1.82) is 0 Å². The van der Waals surface area contributed by atoms with Gasteiger partial charge in [-0.2, -0.15) is 5.10 Å². The van der Waals surface area contributed by atoms with Gasteiger partial charge < -0.3 is 18.5 Å². The zero-order valence-electron chi connectivity index (χ0n) is 81.5. The van der Waals surface area contributed by atoms with Crippen molar-refractivity contribution in [3.05, 3.63) is 383 Å². The molecule has 1 fully saturated rings. The molecule has 702 valence electrons. The molecular formula is C118H130Cl4N6O6S. The Morgan fingerprint density at radius 2 is 1.16 bits per heavy atom. The number of carbonyl (C=O) groups excluding carboxylic acids is 3. The number of benzene rings is 11. The molecule has 1 aliphatic rings. The van der Waals surface area contributed by atoms with E-state index in [-0.39, 0.29) is 17.5 Å². The third-order valence-corrected chi connectivity index (χ3v) is 26.3. The molecule has 0 saturated heterocycles. The monoisotopic (exact) mass is 1900 g/mol. The van der Waals surface area contributed by atoms with Gasteiger partial charge in [0.15, 0.2) is 11.4 Å². The van der Waals surface area contributed by atoms with Gasteiger partial charge in [0.1, 0.15) is 28.6 Å². The minimum atomic E-state index is 0.0874. The highest BCUT2D eigenvalue weighted by Crippen LogP contribution is 2.42. The summed E-state index contributed by atoms with van der Waals surface area (Å²) in [4.78, 5) is 48.1. The Morgan fingerprint density at radius 1 is 0.548 bits per heavy atom. The van der Waals surface area contributed by atoms with Crippen molar-refractivity contribution in [1.82, 2.24) is 28.9 Å². The molecule has 0 spiro atoms. The molecule has 135 heavy (non-hydrogen) atoms. The first kappa shape index (κ1) is 104. The normalized spacial score (nSPS) is 11.9. The lowest BCUT2D eigenvalue weighted by atomic mass is 9.83. The van der Waals surface area contributed by atoms with Gasteiger partial charge in [0.25, 0.3) is 0 Å². The summed E-state index contributed by atoms with van der Waals surface area (Å²) >= 11 is 26.0. The first-order valence-electron chi connectivity index (χ1n) is 47.2. The van der Waals surface area contributed by atoms with Crippen molar-refractivity contribution in [3.8, 4) is 44.8 Å². The van der Waals surface area contributed by atoms with E-state index in [4.69, 9.17) is 70.4 Å². The molecular weight excluding hydrogens is 1770 g/mol. The molecule has 12 nitrogen and oxygen atoms in total. The van der Waals surface area contributed by atoms with E-state index in [0.29, 0.717) is 77.7 Å². The molecule has 17 rings (SSSR count). The largest absolute Gasteiger partial charge is 0.497 e. The maximum Gasteiger partial charge on any atom is 0.231 e. The predicted molar refractivity (Wildman–Crippen MR) is 569 cm³/mol. The van der Waals surface area contributed by atoms with Crippen LogP contribution in [0.4, 0.5) is 0 Å². The molecule has 0 aliphatic heterocycles. The lowest BCUT2D eigenvalue weighted by molar-refractivity contribution is 0.0904. The van der Waals surface area contributed by atoms with Crippen LogP contribution in [-0.2, 0) is 20.0 Å². The van der Waals surface area contributed by atoms with E-state index in [2.05, 4.69) is 204 Å². The quantitative estimate of drug-likeness (QED) is 0.0428. The van der Waals surface area contributed by atoms with Crippen LogP contribution in [0.15, 0.2) is 290 Å². The van der Waals surface area contributed by atoms with E-state index in [1.54, 1.807) is 24.5 Å². The number of aryl methyl sites for hydroxylation is 2. The second-order valence-electron chi connectivity index (χ2n) is 36.7. The van der Waals surface area contributed by atoms with Crippen LogP contribution in [0.3, 0.4) is 0 Å². The molecule has 16 aromatic rings. The number of nitrogens with zero attached hydrogens (tertiary/aromatic N) is 6. The third-order valence-electron chi connectivity index (χ3n) is 23.9. The molecule has 0 atom stereocenters. The van der Waals surface area contributed by atoms with E-state index < -0.39 is 0 Å². The minimum absolute atomic E-state index is 0.0874. The molecule has 1 saturated carbocycles. The number of carbonyl (C=O) groups is 3. The maximum atomic E-state index is 13.0. The predicted octanol–water partition coefficient (Wildman–Crippen LogP) is 34.4. The van der Waals surface area contributed by atoms with E-state index in [0.717, 1.165) is 111 Å². The molecule has 17 heteroatoms. The van der Waals surface area contributed by atoms with Gasteiger partial charge in [0.2, 0.25) is 17.6 Å². The molecule has 0 N–H and O–H groups in total. The summed E-state index contributed by atoms with van der Waals surface area (Å²) in [5.41, 5.74) is 22.4. The first-order chi connectivity index (χ1) is 64.8. The van der Waals surface area contributed by atoms with E-state index >= 15 is 0 Å². The Balaban J connectivity index is 0.000000152. The Labute approximate surface area is 824 Å². The fourth-order valence-electron chi connectivity index (χ4n) is 16.7. The molecule has 1 aliphatic carbocycles. The zero-order valence-corrected chi connectivity index (χ0v) is 85.3. The molecule has 0 bridgehead atoms. The first-order valence-corrected chi connectivity index (χ1v) is 49.5. The van der Waals surface area contributed by atoms with Gasteiger partial charge in [-0.3, -0.25) is 23.6 Å². The van der Waals surface area contributed by atoms with Crippen LogP contribution in [0.5, 0.6) is 11.5 Å². The summed E-state index contributed by atoms with van der Waals surface area (Å²) in [6, 6.07) is 90.3. The number of rotatable bonds is 24. The number of halogens is 4. The number of aromatic nitrogens is 6. The number of hydrogen-bond donors (Lipinski definition) is 0. The van der Waals surface area contributed by atoms with Crippen LogP contribution >= 0.6 is 57.7 Å². The molecule has 5 aromatic heterocycles. The topological polar surface area (TPSA) is 136 Å². The summed E-state index contributed by atoms with van der Waals surface area (Å²) in [7, 11) is 3.63. The Kier molecular flexibility index (Phi) is 38.6. The van der Waals surface area contributed by atoms with Crippen LogP contribution in [0.1, 0.15) is 275 Å². The minimum Gasteiger partial charge on any atom is -0.497 e. The van der Waals surface area contributed by atoms with Crippen LogP contribution in [0.2, 0.25) is 20.1 Å². The number of thiazole rings is 1. The van der Waals surface area contributed by atoms with E-state index in [1.807, 2.05) is 212 Å². The zero-order chi connectivity index (χ0) is 97.1. The van der Waals surface area contributed by atoms with Gasteiger partial charge in [0, 0.05) is 94.8 Å². The van der Waals surface area contributed by atoms with Gasteiger partial charge >= 0.3 is 0 Å². The molecule has 0 amide bonds. The highest BCUT2D eigenvalue weighted by atomic mass is 35.5. The molecule has 5 heterocycles. The maximum absolute atomic E-state index is 13.0. The highest BCUT2D eigenvalue weighted by molar-refractivity contribution is 7.15. The third kappa shape index (κ3) is 28.5. The van der Waals surface area contributed by atoms with Crippen LogP contribution < -0.4 is 9.47 Å². The van der Waals surface area contributed by atoms with Crippen molar-refractivity contribution in [2.24, 2.45) is 13.0 Å². The van der Waals surface area contributed by atoms with E-state index in [9.17, 15) is 14.4 Å². The Hall–Kier alpha value is -11.7. The van der Waals surface area contributed by atoms with Crippen molar-refractivity contribution >= 4 is 108 Å². The van der Waals surface area contributed by atoms with Gasteiger partial charge in [-0.05, 0) is 223 Å². The summed E-state index contributed by atoms with van der Waals surface area (Å²) in [6.45, 7) is 39.2. The highest BCUT2D eigenvalue weighted by Gasteiger charge is 2.25. The number of ketones is 2. The summed E-state index contributed by atoms with van der Waals surface area (Å²) < 4.78 is 22.7. The fraction of sp³-hybridized carbons (Fsp3) is 0.305. The molecule has 0 radical (unpaired) electrons. The second kappa shape index (κ2) is 50.2. The van der Waals surface area contributed by atoms with E-state index in [1.165, 1.54) is 98.2 Å². The van der Waals surface area contributed by atoms with Crippen molar-refractivity contribution < 1.29 is 28.3 Å². The van der Waals surface area contributed by atoms with Crippen LogP contribution in [0, 0.1) is 19.8 Å². The number of para-hydroxylation sites is 1. The van der Waals surface area contributed by atoms with Crippen molar-refractivity contribution in [2.45, 2.75) is 210 Å². The van der Waals surface area contributed by atoms with Crippen molar-refractivity contribution in [3.63, 3.8) is 0 Å². The number of hydrogen-bond acceptors (Lipinski definition) is 10. The number of ether oxygens (including phenoxy) is 2. The van der Waals surface area contributed by atoms with Gasteiger partial charge in [0.05, 0.1) is 41.8 Å². The number of methoxy groups -OCH3 is 1. The van der Waals surface area contributed by atoms with Crippen LogP contribution in [-0.4, -0.2) is 60.1 Å². The fourth-order valence-corrected chi connectivity index (χ4v) is 18.6. The summed E-state index contributed by atoms with van der Waals surface area (Å²) in [5.74, 6) is 6.33.